The fraction of sp³-hybridized carbons (Fsp3) is 0.409. The number of likely N-dealkylation sites (N-methyl/N-ethyl adjacent to an activating group) is 1. The van der Waals surface area contributed by atoms with Crippen molar-refractivity contribution in [3.8, 4) is 5.75 Å². The van der Waals surface area contributed by atoms with Crippen LogP contribution in [0.3, 0.4) is 0 Å². The number of para-hydroxylation sites is 1. The zero-order chi connectivity index (χ0) is 20.2. The summed E-state index contributed by atoms with van der Waals surface area (Å²) in [5.41, 5.74) is 1.13. The lowest BCUT2D eigenvalue weighted by Crippen LogP contribution is -2.38. The van der Waals surface area contributed by atoms with Crippen molar-refractivity contribution in [3.05, 3.63) is 54.0 Å². The summed E-state index contributed by atoms with van der Waals surface area (Å²) in [5.74, 6) is 1.11. The zero-order valence-corrected chi connectivity index (χ0v) is 16.9. The highest BCUT2D eigenvalue weighted by Gasteiger charge is 2.31. The second kappa shape index (κ2) is 8.61. The molecule has 7 heteroatoms. The van der Waals surface area contributed by atoms with Gasteiger partial charge < -0.3 is 14.2 Å². The highest BCUT2D eigenvalue weighted by atomic mass is 16.5. The van der Waals surface area contributed by atoms with Crippen LogP contribution in [-0.2, 0) is 6.61 Å². The van der Waals surface area contributed by atoms with Gasteiger partial charge in [0.25, 0.3) is 5.91 Å². The number of carbonyl (C=O) groups is 1. The number of fused-ring (bicyclic) bond motifs is 1. The van der Waals surface area contributed by atoms with Crippen LogP contribution in [0, 0.1) is 0 Å². The van der Waals surface area contributed by atoms with Crippen LogP contribution in [0.4, 0.5) is 0 Å². The minimum absolute atomic E-state index is 0.0820. The third-order valence-corrected chi connectivity index (χ3v) is 5.52. The van der Waals surface area contributed by atoms with E-state index in [0.29, 0.717) is 23.2 Å². The molecule has 1 atom stereocenters. The number of ether oxygens (including phenoxy) is 1. The molecule has 0 N–H and O–H groups in total. The van der Waals surface area contributed by atoms with Gasteiger partial charge in [0.05, 0.1) is 0 Å². The van der Waals surface area contributed by atoms with Crippen molar-refractivity contribution >= 4 is 16.8 Å². The summed E-state index contributed by atoms with van der Waals surface area (Å²) in [6, 6.07) is 11.8. The van der Waals surface area contributed by atoms with E-state index in [9.17, 15) is 4.79 Å². The quantitative estimate of drug-likeness (QED) is 0.612. The molecule has 7 nitrogen and oxygen atoms in total. The molecule has 0 unspecified atom stereocenters. The molecule has 152 valence electrons. The summed E-state index contributed by atoms with van der Waals surface area (Å²) in [5, 5.41) is 4.98. The molecule has 0 radical (unpaired) electrons. The van der Waals surface area contributed by atoms with Gasteiger partial charge in [0, 0.05) is 36.8 Å². The number of benzene rings is 1. The van der Waals surface area contributed by atoms with Gasteiger partial charge in [0.2, 0.25) is 0 Å². The molecule has 29 heavy (non-hydrogen) atoms. The standard InChI is InChI=1S/C22H26N4O3/c1-3-25(4-2)17-10-12-26(14-17)22(27)19-13-18(29-24-19)15-28-20-9-5-7-16-8-6-11-23-21(16)20/h5-9,11,13,17H,3-4,10,12,14-15H2,1-2H3/t17-/m0/s1. The maximum Gasteiger partial charge on any atom is 0.276 e. The molecule has 1 aromatic carbocycles. The molecule has 3 aromatic rings. The zero-order valence-electron chi connectivity index (χ0n) is 16.9. The minimum Gasteiger partial charge on any atom is -0.483 e. The summed E-state index contributed by atoms with van der Waals surface area (Å²) in [6.45, 7) is 7.99. The average molecular weight is 394 g/mol. The molecule has 1 aliphatic rings. The van der Waals surface area contributed by atoms with Crippen molar-refractivity contribution in [1.29, 1.82) is 0 Å². The van der Waals surface area contributed by atoms with Gasteiger partial charge >= 0.3 is 0 Å². The molecular formula is C22H26N4O3. The van der Waals surface area contributed by atoms with Gasteiger partial charge in [-0.15, -0.1) is 0 Å². The predicted molar refractivity (Wildman–Crippen MR) is 110 cm³/mol. The second-order valence-electron chi connectivity index (χ2n) is 7.21. The third-order valence-electron chi connectivity index (χ3n) is 5.52. The Kier molecular flexibility index (Phi) is 5.76. The molecule has 2 aromatic heterocycles. The number of likely N-dealkylation sites (tertiary alicyclic amines) is 1. The van der Waals surface area contributed by atoms with Crippen molar-refractivity contribution in [2.75, 3.05) is 26.2 Å². The van der Waals surface area contributed by atoms with E-state index in [2.05, 4.69) is 28.9 Å². The van der Waals surface area contributed by atoms with Gasteiger partial charge in [-0.05, 0) is 31.6 Å². The average Bonchev–Trinajstić information content (AvgIpc) is 3.43. The number of carbonyl (C=O) groups excluding carboxylic acids is 1. The van der Waals surface area contributed by atoms with Gasteiger partial charge in [-0.2, -0.15) is 0 Å². The van der Waals surface area contributed by atoms with E-state index in [1.54, 1.807) is 12.3 Å². The molecule has 0 aliphatic carbocycles. The van der Waals surface area contributed by atoms with Crippen LogP contribution >= 0.6 is 0 Å². The fourth-order valence-electron chi connectivity index (χ4n) is 3.95. The normalized spacial score (nSPS) is 16.7. The Balaban J connectivity index is 1.39. The Morgan fingerprint density at radius 2 is 2.10 bits per heavy atom. The van der Waals surface area contributed by atoms with Crippen LogP contribution in [0.1, 0.15) is 36.5 Å². The molecule has 0 spiro atoms. The van der Waals surface area contributed by atoms with Gasteiger partial charge in [0.1, 0.15) is 17.9 Å². The van der Waals surface area contributed by atoms with Crippen LogP contribution in [0.2, 0.25) is 0 Å². The molecule has 1 aliphatic heterocycles. The first-order chi connectivity index (χ1) is 14.2. The highest BCUT2D eigenvalue weighted by molar-refractivity contribution is 5.92. The lowest BCUT2D eigenvalue weighted by molar-refractivity contribution is 0.0767. The van der Waals surface area contributed by atoms with Crippen LogP contribution < -0.4 is 4.74 Å². The van der Waals surface area contributed by atoms with E-state index >= 15 is 0 Å². The molecule has 0 bridgehead atoms. The van der Waals surface area contributed by atoms with E-state index < -0.39 is 0 Å². The van der Waals surface area contributed by atoms with Crippen molar-refractivity contribution in [1.82, 2.24) is 19.9 Å². The largest absolute Gasteiger partial charge is 0.483 e. The Hall–Kier alpha value is -2.93. The Morgan fingerprint density at radius 1 is 1.28 bits per heavy atom. The van der Waals surface area contributed by atoms with Gasteiger partial charge in [-0.25, -0.2) is 0 Å². The molecular weight excluding hydrogens is 368 g/mol. The summed E-state index contributed by atoms with van der Waals surface area (Å²) >= 11 is 0. The Bertz CT molecular complexity index is 978. The highest BCUT2D eigenvalue weighted by Crippen LogP contribution is 2.24. The van der Waals surface area contributed by atoms with Crippen molar-refractivity contribution in [2.24, 2.45) is 0 Å². The molecule has 0 saturated carbocycles. The maximum atomic E-state index is 12.8. The molecule has 1 saturated heterocycles. The SMILES string of the molecule is CCN(CC)[C@H]1CCN(C(=O)c2cc(COc3cccc4cccnc34)on2)C1. The molecule has 3 heterocycles. The number of rotatable bonds is 7. The molecule has 1 amide bonds. The van der Waals surface area contributed by atoms with E-state index in [0.717, 1.165) is 43.5 Å². The van der Waals surface area contributed by atoms with Gasteiger partial charge in [-0.1, -0.05) is 37.2 Å². The number of pyridine rings is 1. The van der Waals surface area contributed by atoms with Crippen molar-refractivity contribution in [2.45, 2.75) is 32.9 Å². The first-order valence-corrected chi connectivity index (χ1v) is 10.1. The van der Waals surface area contributed by atoms with Crippen LogP contribution in [-0.4, -0.2) is 58.1 Å². The van der Waals surface area contributed by atoms with E-state index in [1.165, 1.54) is 0 Å². The van der Waals surface area contributed by atoms with E-state index in [-0.39, 0.29) is 12.5 Å². The summed E-state index contributed by atoms with van der Waals surface area (Å²) in [6.07, 6.45) is 2.73. The summed E-state index contributed by atoms with van der Waals surface area (Å²) in [4.78, 5) is 21.4. The molecule has 4 rings (SSSR count). The van der Waals surface area contributed by atoms with Crippen molar-refractivity contribution in [3.63, 3.8) is 0 Å². The smallest absolute Gasteiger partial charge is 0.276 e. The third kappa shape index (κ3) is 4.10. The monoisotopic (exact) mass is 394 g/mol. The van der Waals surface area contributed by atoms with Gasteiger partial charge in [0.15, 0.2) is 11.5 Å². The van der Waals surface area contributed by atoms with Crippen LogP contribution in [0.25, 0.3) is 10.9 Å². The maximum absolute atomic E-state index is 12.8. The lowest BCUT2D eigenvalue weighted by atomic mass is 10.2. The number of hydrogen-bond acceptors (Lipinski definition) is 6. The minimum atomic E-state index is -0.0820. The Morgan fingerprint density at radius 3 is 2.93 bits per heavy atom. The van der Waals surface area contributed by atoms with Gasteiger partial charge in [-0.3, -0.25) is 14.7 Å². The summed E-state index contributed by atoms with van der Waals surface area (Å²) < 4.78 is 11.2. The van der Waals surface area contributed by atoms with Crippen molar-refractivity contribution < 1.29 is 14.1 Å². The first kappa shape index (κ1) is 19.4. The van der Waals surface area contributed by atoms with E-state index in [1.807, 2.05) is 35.2 Å². The van der Waals surface area contributed by atoms with E-state index in [4.69, 9.17) is 9.26 Å². The van der Waals surface area contributed by atoms with Crippen LogP contribution in [0.15, 0.2) is 47.1 Å². The fourth-order valence-corrected chi connectivity index (χ4v) is 3.95. The number of amides is 1. The number of hydrogen-bond donors (Lipinski definition) is 0. The topological polar surface area (TPSA) is 71.7 Å². The first-order valence-electron chi connectivity index (χ1n) is 10.1. The second-order valence-corrected chi connectivity index (χ2v) is 7.21. The number of nitrogens with zero attached hydrogens (tertiary/aromatic N) is 4. The lowest BCUT2D eigenvalue weighted by Gasteiger charge is -2.25. The molecule has 1 fully saturated rings. The van der Waals surface area contributed by atoms with Crippen LogP contribution in [0.5, 0.6) is 5.75 Å². The Labute approximate surface area is 170 Å². The summed E-state index contributed by atoms with van der Waals surface area (Å²) in [7, 11) is 0. The predicted octanol–water partition coefficient (Wildman–Crippen LogP) is 3.36. The number of aromatic nitrogens is 2.